The van der Waals surface area contributed by atoms with Crippen LogP contribution in [0.2, 0.25) is 0 Å². The van der Waals surface area contributed by atoms with Crippen molar-refractivity contribution in [1.29, 1.82) is 0 Å². The van der Waals surface area contributed by atoms with Gasteiger partial charge in [-0.3, -0.25) is 14.3 Å². The predicted octanol–water partition coefficient (Wildman–Crippen LogP) is 1.18. The van der Waals surface area contributed by atoms with Crippen molar-refractivity contribution >= 4 is 0 Å². The Hall–Kier alpha value is -1.94. The molecule has 0 spiro atoms. The number of rotatable bonds is 2. The molecule has 0 aromatic carbocycles. The molecule has 0 saturated heterocycles. The second kappa shape index (κ2) is 3.53. The molecule has 17 heavy (non-hydrogen) atoms. The van der Waals surface area contributed by atoms with Crippen LogP contribution in [0.25, 0.3) is 5.69 Å². The van der Waals surface area contributed by atoms with Crippen molar-refractivity contribution < 1.29 is 0 Å². The van der Waals surface area contributed by atoms with E-state index in [9.17, 15) is 4.79 Å². The Kier molecular flexibility index (Phi) is 2.12. The molecule has 0 amide bonds. The maximum atomic E-state index is 11.6. The summed E-state index contributed by atoms with van der Waals surface area (Å²) in [5.41, 5.74) is 7.45. The highest BCUT2D eigenvalue weighted by molar-refractivity contribution is 5.33. The van der Waals surface area contributed by atoms with Gasteiger partial charge in [-0.15, -0.1) is 0 Å². The molecule has 4 heteroatoms. The number of nitrogens with zero attached hydrogens (tertiary/aromatic N) is 2. The van der Waals surface area contributed by atoms with Crippen LogP contribution >= 0.6 is 0 Å². The summed E-state index contributed by atoms with van der Waals surface area (Å²) in [6.45, 7) is 0. The largest absolute Gasteiger partial charge is 0.320 e. The Morgan fingerprint density at radius 1 is 1.24 bits per heavy atom. The maximum Gasteiger partial charge on any atom is 0.255 e. The lowest BCUT2D eigenvalue weighted by atomic mass is 10.2. The molecule has 2 aromatic heterocycles. The molecule has 0 unspecified atom stereocenters. The summed E-state index contributed by atoms with van der Waals surface area (Å²) in [5.74, 6) is 0. The van der Waals surface area contributed by atoms with Crippen LogP contribution in [0, 0.1) is 0 Å². The van der Waals surface area contributed by atoms with Gasteiger partial charge in [-0.05, 0) is 31.0 Å². The van der Waals surface area contributed by atoms with Crippen molar-refractivity contribution in [2.24, 2.45) is 5.73 Å². The highest BCUT2D eigenvalue weighted by atomic mass is 16.1. The molecule has 1 aliphatic carbocycles. The van der Waals surface area contributed by atoms with Crippen LogP contribution in [0.3, 0.4) is 0 Å². The lowest BCUT2D eigenvalue weighted by molar-refractivity contribution is 0.706. The predicted molar refractivity (Wildman–Crippen MR) is 64.9 cm³/mol. The van der Waals surface area contributed by atoms with Gasteiger partial charge in [0.25, 0.3) is 5.56 Å². The first kappa shape index (κ1) is 10.2. The van der Waals surface area contributed by atoms with Crippen LogP contribution in [0.4, 0.5) is 0 Å². The van der Waals surface area contributed by atoms with Gasteiger partial charge in [0.05, 0.1) is 23.1 Å². The first-order valence-corrected chi connectivity index (χ1v) is 5.63. The second-order valence-corrected chi connectivity index (χ2v) is 4.47. The summed E-state index contributed by atoms with van der Waals surface area (Å²) in [6.07, 6.45) is 5.41. The van der Waals surface area contributed by atoms with E-state index in [1.807, 2.05) is 18.2 Å². The highest BCUT2D eigenvalue weighted by Gasteiger charge is 2.41. The zero-order valence-corrected chi connectivity index (χ0v) is 9.34. The molecular weight excluding hydrogens is 214 g/mol. The van der Waals surface area contributed by atoms with Gasteiger partial charge in [-0.25, -0.2) is 0 Å². The molecule has 2 aromatic rings. The van der Waals surface area contributed by atoms with Gasteiger partial charge in [0.1, 0.15) is 0 Å². The van der Waals surface area contributed by atoms with Crippen molar-refractivity contribution in [2.45, 2.75) is 18.4 Å². The summed E-state index contributed by atoms with van der Waals surface area (Å²) in [5, 5.41) is 0. The van der Waals surface area contributed by atoms with Crippen molar-refractivity contribution in [2.75, 3.05) is 0 Å². The van der Waals surface area contributed by atoms with Gasteiger partial charge in [0.15, 0.2) is 0 Å². The fourth-order valence-electron chi connectivity index (χ4n) is 1.85. The van der Waals surface area contributed by atoms with Crippen molar-refractivity contribution in [1.82, 2.24) is 9.55 Å². The van der Waals surface area contributed by atoms with Crippen LogP contribution in [0.5, 0.6) is 0 Å². The normalized spacial score (nSPS) is 16.8. The molecule has 1 fully saturated rings. The van der Waals surface area contributed by atoms with Gasteiger partial charge < -0.3 is 5.73 Å². The minimum Gasteiger partial charge on any atom is -0.320 e. The van der Waals surface area contributed by atoms with Crippen molar-refractivity contribution in [3.05, 3.63) is 58.8 Å². The Labute approximate surface area is 98.7 Å². The number of hydrogen-bond donors (Lipinski definition) is 1. The average molecular weight is 227 g/mol. The van der Waals surface area contributed by atoms with Crippen LogP contribution in [0.1, 0.15) is 18.5 Å². The van der Waals surface area contributed by atoms with E-state index in [-0.39, 0.29) is 11.1 Å². The van der Waals surface area contributed by atoms with E-state index < -0.39 is 0 Å². The number of nitrogens with two attached hydrogens (primary N) is 1. The van der Waals surface area contributed by atoms with Crippen LogP contribution < -0.4 is 11.3 Å². The molecule has 0 bridgehead atoms. The summed E-state index contributed by atoms with van der Waals surface area (Å²) >= 11 is 0. The summed E-state index contributed by atoms with van der Waals surface area (Å²) in [4.78, 5) is 16.0. The standard InChI is InChI=1S/C13H13N3O/c14-13(6-7-13)11-5-4-10(9-15-11)16-8-2-1-3-12(16)17/h1-5,8-9H,6-7,14H2. The van der Waals surface area contributed by atoms with Crippen LogP contribution in [-0.4, -0.2) is 9.55 Å². The van der Waals surface area contributed by atoms with Crippen molar-refractivity contribution in [3.63, 3.8) is 0 Å². The van der Waals surface area contributed by atoms with Gasteiger partial charge >= 0.3 is 0 Å². The Bertz CT molecular complexity index is 597. The molecule has 0 radical (unpaired) electrons. The fourth-order valence-corrected chi connectivity index (χ4v) is 1.85. The van der Waals surface area contributed by atoms with E-state index in [0.29, 0.717) is 0 Å². The third-order valence-corrected chi connectivity index (χ3v) is 3.15. The lowest BCUT2D eigenvalue weighted by Gasteiger charge is -2.09. The molecule has 2 heterocycles. The third-order valence-electron chi connectivity index (χ3n) is 3.15. The smallest absolute Gasteiger partial charge is 0.255 e. The molecule has 3 rings (SSSR count). The SMILES string of the molecule is NC1(c2ccc(-n3ccccc3=O)cn2)CC1. The average Bonchev–Trinajstić information content (AvgIpc) is 3.10. The minimum atomic E-state index is -0.222. The number of aromatic nitrogens is 2. The third kappa shape index (κ3) is 1.76. The first-order valence-electron chi connectivity index (χ1n) is 5.63. The second-order valence-electron chi connectivity index (χ2n) is 4.47. The first-order chi connectivity index (χ1) is 8.19. The molecule has 1 aliphatic rings. The zero-order valence-electron chi connectivity index (χ0n) is 9.34. The quantitative estimate of drug-likeness (QED) is 0.838. The van der Waals surface area contributed by atoms with E-state index in [4.69, 9.17) is 5.73 Å². The molecule has 1 saturated carbocycles. The Balaban J connectivity index is 2.00. The van der Waals surface area contributed by atoms with Crippen LogP contribution in [-0.2, 0) is 5.54 Å². The van der Waals surface area contributed by atoms with Gasteiger partial charge in [-0.2, -0.15) is 0 Å². The Morgan fingerprint density at radius 2 is 2.06 bits per heavy atom. The van der Waals surface area contributed by atoms with Gasteiger partial charge in [-0.1, -0.05) is 6.07 Å². The van der Waals surface area contributed by atoms with Gasteiger partial charge in [0, 0.05) is 12.3 Å². The van der Waals surface area contributed by atoms with E-state index in [1.165, 1.54) is 6.07 Å². The fraction of sp³-hybridized carbons (Fsp3) is 0.231. The summed E-state index contributed by atoms with van der Waals surface area (Å²) in [6, 6.07) is 8.86. The number of hydrogen-bond acceptors (Lipinski definition) is 3. The van der Waals surface area contributed by atoms with E-state index in [0.717, 1.165) is 24.2 Å². The van der Waals surface area contributed by atoms with E-state index >= 15 is 0 Å². The van der Waals surface area contributed by atoms with Crippen molar-refractivity contribution in [3.8, 4) is 5.69 Å². The molecular formula is C13H13N3O. The monoisotopic (exact) mass is 227 g/mol. The molecule has 4 nitrogen and oxygen atoms in total. The maximum absolute atomic E-state index is 11.6. The molecule has 86 valence electrons. The number of pyridine rings is 2. The minimum absolute atomic E-state index is 0.0593. The Morgan fingerprint density at radius 3 is 2.65 bits per heavy atom. The topological polar surface area (TPSA) is 60.9 Å². The van der Waals surface area contributed by atoms with E-state index in [1.54, 1.807) is 23.0 Å². The summed E-state index contributed by atoms with van der Waals surface area (Å²) < 4.78 is 1.56. The lowest BCUT2D eigenvalue weighted by Crippen LogP contribution is -2.21. The highest BCUT2D eigenvalue weighted by Crippen LogP contribution is 2.41. The molecule has 0 aliphatic heterocycles. The molecule has 0 atom stereocenters. The van der Waals surface area contributed by atoms with E-state index in [2.05, 4.69) is 4.98 Å². The zero-order chi connectivity index (χ0) is 11.9. The summed E-state index contributed by atoms with van der Waals surface area (Å²) in [7, 11) is 0. The molecule has 2 N–H and O–H groups in total. The van der Waals surface area contributed by atoms with Gasteiger partial charge in [0.2, 0.25) is 0 Å². The van der Waals surface area contributed by atoms with Crippen LogP contribution in [0.15, 0.2) is 47.5 Å².